The summed E-state index contributed by atoms with van der Waals surface area (Å²) < 4.78 is 22.8. The molecule has 0 fully saturated rings. The summed E-state index contributed by atoms with van der Waals surface area (Å²) in [6, 6.07) is 0. The average molecular weight is 875 g/mol. The number of quaternary nitrogens is 1. The zero-order chi connectivity index (χ0) is 45.6. The van der Waals surface area contributed by atoms with Gasteiger partial charge in [0.1, 0.15) is 13.2 Å². The average Bonchev–Trinajstić information content (AvgIpc) is 3.23. The number of hydrogen-bond donors (Lipinski definition) is 1. The number of carboxylic acid groups (broad SMARTS) is 1. The van der Waals surface area contributed by atoms with Crippen molar-refractivity contribution in [2.75, 3.05) is 47.5 Å². The highest BCUT2D eigenvalue weighted by molar-refractivity contribution is 5.71. The van der Waals surface area contributed by atoms with E-state index in [1.165, 1.54) is 103 Å². The Morgan fingerprint density at radius 1 is 0.484 bits per heavy atom. The maximum atomic E-state index is 12.8. The van der Waals surface area contributed by atoms with Gasteiger partial charge in [-0.05, 0) is 77.0 Å². The normalized spacial score (nSPS) is 13.2. The second kappa shape index (κ2) is 44.8. The molecule has 0 rings (SSSR count). The minimum atomic E-state index is -1.51. The van der Waals surface area contributed by atoms with E-state index in [1.807, 2.05) is 21.1 Å². The lowest BCUT2D eigenvalue weighted by Gasteiger charge is -2.25. The van der Waals surface area contributed by atoms with Gasteiger partial charge in [-0.1, -0.05) is 172 Å². The number of carbonyl (C=O) groups is 3. The molecule has 2 atom stereocenters. The van der Waals surface area contributed by atoms with Crippen LogP contribution in [0.25, 0.3) is 0 Å². The lowest BCUT2D eigenvalue weighted by Crippen LogP contribution is -2.40. The van der Waals surface area contributed by atoms with Crippen molar-refractivity contribution in [2.24, 2.45) is 0 Å². The van der Waals surface area contributed by atoms with Crippen LogP contribution in [0, 0.1) is 0 Å². The molecule has 0 saturated carbocycles. The van der Waals surface area contributed by atoms with Crippen molar-refractivity contribution in [3.05, 3.63) is 48.6 Å². The van der Waals surface area contributed by atoms with Gasteiger partial charge >= 0.3 is 17.9 Å². The molecule has 0 aliphatic heterocycles. The van der Waals surface area contributed by atoms with E-state index >= 15 is 0 Å². The number of carbonyl (C=O) groups excluding carboxylic acids is 2. The number of ether oxygens (including phenoxy) is 4. The topological polar surface area (TPSA) is 108 Å². The minimum Gasteiger partial charge on any atom is -0.477 e. The van der Waals surface area contributed by atoms with Crippen LogP contribution < -0.4 is 0 Å². The first-order chi connectivity index (χ1) is 30.1. The van der Waals surface area contributed by atoms with Gasteiger partial charge in [0.05, 0.1) is 34.4 Å². The summed E-state index contributed by atoms with van der Waals surface area (Å²) in [7, 11) is 5.95. The van der Waals surface area contributed by atoms with Gasteiger partial charge in [-0.3, -0.25) is 9.59 Å². The van der Waals surface area contributed by atoms with E-state index in [4.69, 9.17) is 18.9 Å². The van der Waals surface area contributed by atoms with E-state index in [1.54, 1.807) is 0 Å². The minimum absolute atomic E-state index is 0.184. The molecule has 62 heavy (non-hydrogen) atoms. The van der Waals surface area contributed by atoms with Crippen molar-refractivity contribution in [3.63, 3.8) is 0 Å². The Hall–Kier alpha value is -2.75. The fourth-order valence-electron chi connectivity index (χ4n) is 6.84. The summed E-state index contributed by atoms with van der Waals surface area (Å²) >= 11 is 0. The largest absolute Gasteiger partial charge is 0.477 e. The fourth-order valence-corrected chi connectivity index (χ4v) is 6.84. The van der Waals surface area contributed by atoms with Gasteiger partial charge in [0, 0.05) is 12.8 Å². The molecule has 9 heteroatoms. The van der Waals surface area contributed by atoms with Crippen molar-refractivity contribution in [1.82, 2.24) is 0 Å². The number of nitrogens with zero attached hydrogens (tertiary/aromatic N) is 1. The second-order valence-corrected chi connectivity index (χ2v) is 18.1. The highest BCUT2D eigenvalue weighted by Crippen LogP contribution is 2.14. The molecule has 2 unspecified atom stereocenters. The first-order valence-electron chi connectivity index (χ1n) is 25.3. The van der Waals surface area contributed by atoms with Gasteiger partial charge in [-0.15, -0.1) is 0 Å². The van der Waals surface area contributed by atoms with E-state index in [0.717, 1.165) is 77.0 Å². The molecular formula is C53H96NO8+. The molecule has 0 bridgehead atoms. The summed E-state index contributed by atoms with van der Waals surface area (Å²) in [6.45, 7) is 4.84. The van der Waals surface area contributed by atoms with E-state index in [9.17, 15) is 19.5 Å². The summed E-state index contributed by atoms with van der Waals surface area (Å²) in [5.41, 5.74) is 0. The number of carboxylic acids is 1. The molecule has 0 spiro atoms. The van der Waals surface area contributed by atoms with E-state index in [-0.39, 0.29) is 38.6 Å². The molecule has 0 aromatic carbocycles. The van der Waals surface area contributed by atoms with Crippen molar-refractivity contribution < 1.29 is 42.9 Å². The Morgan fingerprint density at radius 3 is 1.31 bits per heavy atom. The molecule has 0 aliphatic carbocycles. The molecule has 9 nitrogen and oxygen atoms in total. The van der Waals surface area contributed by atoms with Gasteiger partial charge in [0.15, 0.2) is 6.10 Å². The maximum Gasteiger partial charge on any atom is 0.361 e. The van der Waals surface area contributed by atoms with Crippen molar-refractivity contribution in [2.45, 2.75) is 225 Å². The van der Waals surface area contributed by atoms with Crippen LogP contribution in [0.2, 0.25) is 0 Å². The highest BCUT2D eigenvalue weighted by atomic mass is 16.7. The number of hydrogen-bond acceptors (Lipinski definition) is 7. The third kappa shape index (κ3) is 45.3. The monoisotopic (exact) mass is 875 g/mol. The van der Waals surface area contributed by atoms with Gasteiger partial charge in [-0.2, -0.15) is 0 Å². The quantitative estimate of drug-likeness (QED) is 0.0212. The zero-order valence-corrected chi connectivity index (χ0v) is 40.8. The first-order valence-corrected chi connectivity index (χ1v) is 25.3. The summed E-state index contributed by atoms with van der Waals surface area (Å²) in [5, 5.41) is 9.66. The van der Waals surface area contributed by atoms with Gasteiger partial charge in [-0.25, -0.2) is 4.79 Å². The number of likely N-dealkylation sites (N-methyl/N-ethyl adjacent to an activating group) is 1. The van der Waals surface area contributed by atoms with Crippen LogP contribution in [0.1, 0.15) is 213 Å². The lowest BCUT2D eigenvalue weighted by molar-refractivity contribution is -0.870. The molecule has 360 valence electrons. The van der Waals surface area contributed by atoms with Gasteiger partial charge in [0.25, 0.3) is 6.29 Å². The summed E-state index contributed by atoms with van der Waals surface area (Å²) in [5.74, 6) is -2.03. The Bertz CT molecular complexity index is 1160. The van der Waals surface area contributed by atoms with Crippen molar-refractivity contribution in [1.29, 1.82) is 0 Å². The number of unbranched alkanes of at least 4 members (excludes halogenated alkanes) is 23. The summed E-state index contributed by atoms with van der Waals surface area (Å²) in [6.07, 6.45) is 50.3. The molecule has 0 saturated heterocycles. The molecule has 0 aromatic rings. The molecule has 0 amide bonds. The number of esters is 2. The molecule has 1 N–H and O–H groups in total. The van der Waals surface area contributed by atoms with E-state index < -0.39 is 24.3 Å². The van der Waals surface area contributed by atoms with Crippen LogP contribution in [0.4, 0.5) is 0 Å². The molecule has 0 heterocycles. The van der Waals surface area contributed by atoms with Crippen LogP contribution >= 0.6 is 0 Å². The lowest BCUT2D eigenvalue weighted by atomic mass is 10.1. The third-order valence-electron chi connectivity index (χ3n) is 10.8. The smallest absolute Gasteiger partial charge is 0.361 e. The van der Waals surface area contributed by atoms with Crippen LogP contribution in [-0.2, 0) is 33.3 Å². The van der Waals surface area contributed by atoms with E-state index in [0.29, 0.717) is 17.4 Å². The number of allylic oxidation sites excluding steroid dienone is 8. The van der Waals surface area contributed by atoms with Crippen LogP contribution in [0.15, 0.2) is 48.6 Å². The highest BCUT2D eigenvalue weighted by Gasteiger charge is 2.25. The van der Waals surface area contributed by atoms with E-state index in [2.05, 4.69) is 62.5 Å². The number of rotatable bonds is 46. The van der Waals surface area contributed by atoms with Gasteiger partial charge in [0.2, 0.25) is 0 Å². The Kier molecular flexibility index (Phi) is 42.9. The summed E-state index contributed by atoms with van der Waals surface area (Å²) in [4.78, 5) is 37.2. The van der Waals surface area contributed by atoms with Crippen molar-refractivity contribution in [3.8, 4) is 0 Å². The SMILES string of the molecule is CCCCCCC/C=C\C/C=C\C/C=C\CCCCCCCCCCC(=O)OC(COC(=O)CCCCCCC/C=C\CCCCCCC)COC(OCC[N+](C)(C)C)C(=O)O. The van der Waals surface area contributed by atoms with Crippen molar-refractivity contribution >= 4 is 17.9 Å². The third-order valence-corrected chi connectivity index (χ3v) is 10.8. The molecular weight excluding hydrogens is 779 g/mol. The maximum absolute atomic E-state index is 12.8. The van der Waals surface area contributed by atoms with Crippen LogP contribution in [0.5, 0.6) is 0 Å². The van der Waals surface area contributed by atoms with Gasteiger partial charge < -0.3 is 28.5 Å². The Morgan fingerprint density at radius 2 is 0.871 bits per heavy atom. The first kappa shape index (κ1) is 59.2. The Labute approximate surface area is 381 Å². The standard InChI is InChI=1S/C53H95NO8/c1-6-8-10-12-14-16-18-20-22-23-24-25-26-27-28-29-30-32-34-36-38-40-42-44-51(56)62-49(48-61-53(52(57)58)59-46-45-54(3,4)5)47-60-50(55)43-41-39-37-35-33-31-21-19-17-15-13-11-9-7-2/h18-21,23-24,26-27,49,53H,6-17,22,25,28-48H2,1-5H3/p+1/b20-18-,21-19-,24-23-,27-26-. The number of aliphatic carboxylic acids is 1. The second-order valence-electron chi connectivity index (χ2n) is 18.1. The molecule has 0 aliphatic rings. The molecule has 0 aromatic heterocycles. The van der Waals surface area contributed by atoms with Crippen LogP contribution in [-0.4, -0.2) is 87.4 Å². The zero-order valence-electron chi connectivity index (χ0n) is 40.8. The Balaban J connectivity index is 4.36. The van der Waals surface area contributed by atoms with Crippen LogP contribution in [0.3, 0.4) is 0 Å². The fraction of sp³-hybridized carbons (Fsp3) is 0.792. The predicted octanol–water partition coefficient (Wildman–Crippen LogP) is 13.9. The molecule has 0 radical (unpaired) electrons. The predicted molar refractivity (Wildman–Crippen MR) is 258 cm³/mol.